The van der Waals surface area contributed by atoms with E-state index in [0.29, 0.717) is 19.5 Å². The molecule has 1 unspecified atom stereocenters. The number of nitrogens with one attached hydrogen (secondary N) is 2. The Hall–Kier alpha value is -3.03. The molecule has 0 spiro atoms. The highest BCUT2D eigenvalue weighted by atomic mass is 19.4. The van der Waals surface area contributed by atoms with Gasteiger partial charge in [0.2, 0.25) is 11.8 Å². The molecule has 1 heterocycles. The van der Waals surface area contributed by atoms with Crippen molar-refractivity contribution >= 4 is 23.2 Å². The van der Waals surface area contributed by atoms with Crippen LogP contribution in [-0.4, -0.2) is 31.4 Å². The van der Waals surface area contributed by atoms with Crippen molar-refractivity contribution in [1.29, 1.82) is 0 Å². The number of anilines is 2. The van der Waals surface area contributed by atoms with Crippen molar-refractivity contribution in [3.05, 3.63) is 60.2 Å². The summed E-state index contributed by atoms with van der Waals surface area (Å²) in [6.07, 6.45) is -3.79. The summed E-state index contributed by atoms with van der Waals surface area (Å²) in [5, 5.41) is 6.04. The predicted molar refractivity (Wildman–Crippen MR) is 104 cm³/mol. The van der Waals surface area contributed by atoms with E-state index >= 15 is 0 Å². The van der Waals surface area contributed by atoms with Crippen LogP contribution in [0.2, 0.25) is 0 Å². The number of alkyl halides is 3. The van der Waals surface area contributed by atoms with Gasteiger partial charge in [0.15, 0.2) is 0 Å². The highest BCUT2D eigenvalue weighted by molar-refractivity contribution is 6.00. The van der Waals surface area contributed by atoms with Gasteiger partial charge in [-0.1, -0.05) is 24.3 Å². The van der Waals surface area contributed by atoms with E-state index in [2.05, 4.69) is 10.6 Å². The van der Waals surface area contributed by atoms with E-state index in [1.54, 1.807) is 0 Å². The first-order valence-corrected chi connectivity index (χ1v) is 9.39. The lowest BCUT2D eigenvalue weighted by molar-refractivity contribution is -0.137. The van der Waals surface area contributed by atoms with Crippen LogP contribution < -0.4 is 15.5 Å². The minimum atomic E-state index is -4.48. The van der Waals surface area contributed by atoms with E-state index < -0.39 is 17.7 Å². The first-order chi connectivity index (χ1) is 13.8. The Balaban J connectivity index is 1.47. The number of para-hydroxylation sites is 1. The normalized spacial score (nSPS) is 16.7. The van der Waals surface area contributed by atoms with Crippen LogP contribution in [0.1, 0.15) is 18.4 Å². The van der Waals surface area contributed by atoms with Crippen LogP contribution in [0.25, 0.3) is 0 Å². The van der Waals surface area contributed by atoms with Crippen LogP contribution in [0, 0.1) is 5.92 Å². The molecule has 0 aliphatic carbocycles. The molecule has 1 fully saturated rings. The van der Waals surface area contributed by atoms with Crippen molar-refractivity contribution in [2.75, 3.05) is 29.9 Å². The predicted octanol–water partition coefficient (Wildman–Crippen LogP) is 3.68. The summed E-state index contributed by atoms with van der Waals surface area (Å²) in [4.78, 5) is 25.8. The molecular formula is C21H22F3N3O2. The van der Waals surface area contributed by atoms with E-state index in [0.717, 1.165) is 17.8 Å². The molecule has 1 aliphatic rings. The zero-order valence-electron chi connectivity index (χ0n) is 15.7. The third-order valence-electron chi connectivity index (χ3n) is 4.74. The molecule has 0 bridgehead atoms. The number of halogens is 3. The molecule has 2 aromatic rings. The average molecular weight is 405 g/mol. The fraction of sp³-hybridized carbons (Fsp3) is 0.333. The number of amides is 2. The van der Waals surface area contributed by atoms with Crippen molar-refractivity contribution in [3.8, 4) is 0 Å². The van der Waals surface area contributed by atoms with Gasteiger partial charge in [0.1, 0.15) is 0 Å². The van der Waals surface area contributed by atoms with Crippen LogP contribution in [-0.2, 0) is 15.8 Å². The van der Waals surface area contributed by atoms with Gasteiger partial charge in [0.05, 0.1) is 11.5 Å². The number of carbonyl (C=O) groups excluding carboxylic acids is 2. The molecule has 0 aromatic heterocycles. The van der Waals surface area contributed by atoms with Gasteiger partial charge in [-0.2, -0.15) is 13.2 Å². The van der Waals surface area contributed by atoms with E-state index in [-0.39, 0.29) is 30.5 Å². The van der Waals surface area contributed by atoms with Crippen molar-refractivity contribution in [3.63, 3.8) is 0 Å². The Labute approximate surface area is 166 Å². The third-order valence-corrected chi connectivity index (χ3v) is 4.74. The molecule has 3 rings (SSSR count). The molecule has 2 amide bonds. The zero-order chi connectivity index (χ0) is 20.9. The van der Waals surface area contributed by atoms with Crippen LogP contribution in [0.15, 0.2) is 54.6 Å². The lowest BCUT2D eigenvalue weighted by Gasteiger charge is -2.18. The Morgan fingerprint density at radius 1 is 1.07 bits per heavy atom. The standard InChI is InChI=1S/C21H22F3N3O2/c22-21(23,24)16-6-4-9-18(13-16)27-14-15(12-19(27)28)20(29)26-11-5-10-25-17-7-2-1-3-8-17/h1-4,6-9,13,15,25H,5,10-12,14H2,(H,26,29). The quantitative estimate of drug-likeness (QED) is 0.691. The van der Waals surface area contributed by atoms with Crippen LogP contribution in [0.3, 0.4) is 0 Å². The maximum Gasteiger partial charge on any atom is 0.416 e. The fourth-order valence-corrected chi connectivity index (χ4v) is 3.22. The molecule has 2 aromatic carbocycles. The maximum atomic E-state index is 12.9. The maximum absolute atomic E-state index is 12.9. The van der Waals surface area contributed by atoms with Gasteiger partial charge in [-0.05, 0) is 36.8 Å². The summed E-state index contributed by atoms with van der Waals surface area (Å²) in [6.45, 7) is 1.21. The number of hydrogen-bond donors (Lipinski definition) is 2. The Kier molecular flexibility index (Phi) is 6.41. The molecule has 8 heteroatoms. The summed E-state index contributed by atoms with van der Waals surface area (Å²) < 4.78 is 38.7. The third kappa shape index (κ3) is 5.49. The average Bonchev–Trinajstić information content (AvgIpc) is 3.10. The van der Waals surface area contributed by atoms with E-state index in [4.69, 9.17) is 0 Å². The van der Waals surface area contributed by atoms with Crippen molar-refractivity contribution in [1.82, 2.24) is 5.32 Å². The highest BCUT2D eigenvalue weighted by Gasteiger charge is 2.36. The van der Waals surface area contributed by atoms with Gasteiger partial charge < -0.3 is 15.5 Å². The second kappa shape index (κ2) is 8.98. The van der Waals surface area contributed by atoms with E-state index in [9.17, 15) is 22.8 Å². The monoisotopic (exact) mass is 405 g/mol. The molecule has 0 saturated carbocycles. The second-order valence-corrected chi connectivity index (χ2v) is 6.89. The number of benzene rings is 2. The van der Waals surface area contributed by atoms with Crippen molar-refractivity contribution < 1.29 is 22.8 Å². The van der Waals surface area contributed by atoms with Crippen LogP contribution in [0.4, 0.5) is 24.5 Å². The molecule has 2 N–H and O–H groups in total. The lowest BCUT2D eigenvalue weighted by Crippen LogP contribution is -2.34. The zero-order valence-corrected chi connectivity index (χ0v) is 15.7. The first-order valence-electron chi connectivity index (χ1n) is 9.39. The Morgan fingerprint density at radius 3 is 2.55 bits per heavy atom. The van der Waals surface area contributed by atoms with Crippen LogP contribution >= 0.6 is 0 Å². The van der Waals surface area contributed by atoms with Crippen LogP contribution in [0.5, 0.6) is 0 Å². The summed E-state index contributed by atoms with van der Waals surface area (Å²) in [5.41, 5.74) is 0.339. The first kappa shape index (κ1) is 20.7. The smallest absolute Gasteiger partial charge is 0.385 e. The summed E-state index contributed by atoms with van der Waals surface area (Å²) >= 11 is 0. The fourth-order valence-electron chi connectivity index (χ4n) is 3.22. The largest absolute Gasteiger partial charge is 0.416 e. The minimum Gasteiger partial charge on any atom is -0.385 e. The summed E-state index contributed by atoms with van der Waals surface area (Å²) in [6, 6.07) is 14.3. The van der Waals surface area contributed by atoms with Gasteiger partial charge >= 0.3 is 6.18 Å². The molecule has 1 atom stereocenters. The van der Waals surface area contributed by atoms with Gasteiger partial charge in [-0.25, -0.2) is 0 Å². The summed E-state index contributed by atoms with van der Waals surface area (Å²) in [5.74, 6) is -1.18. The number of hydrogen-bond acceptors (Lipinski definition) is 3. The van der Waals surface area contributed by atoms with Gasteiger partial charge in [-0.3, -0.25) is 9.59 Å². The Morgan fingerprint density at radius 2 is 1.83 bits per heavy atom. The Bertz CT molecular complexity index is 856. The molecule has 29 heavy (non-hydrogen) atoms. The highest BCUT2D eigenvalue weighted by Crippen LogP contribution is 2.33. The van der Waals surface area contributed by atoms with Gasteiger partial charge in [0.25, 0.3) is 0 Å². The van der Waals surface area contributed by atoms with Crippen molar-refractivity contribution in [2.45, 2.75) is 19.0 Å². The SMILES string of the molecule is O=C(NCCCNc1ccccc1)C1CC(=O)N(c2cccc(C(F)(F)F)c2)C1. The molecule has 0 radical (unpaired) electrons. The second-order valence-electron chi connectivity index (χ2n) is 6.89. The van der Waals surface area contributed by atoms with Gasteiger partial charge in [0, 0.05) is 37.4 Å². The van der Waals surface area contributed by atoms with E-state index in [1.165, 1.54) is 17.0 Å². The number of carbonyl (C=O) groups is 2. The molecule has 1 aliphatic heterocycles. The molecule has 1 saturated heterocycles. The minimum absolute atomic E-state index is 0.00958. The lowest BCUT2D eigenvalue weighted by atomic mass is 10.1. The van der Waals surface area contributed by atoms with Gasteiger partial charge in [-0.15, -0.1) is 0 Å². The number of rotatable bonds is 7. The molecular weight excluding hydrogens is 383 g/mol. The topological polar surface area (TPSA) is 61.4 Å². The number of nitrogens with zero attached hydrogens (tertiary/aromatic N) is 1. The van der Waals surface area contributed by atoms with Crippen molar-refractivity contribution in [2.24, 2.45) is 5.92 Å². The molecule has 5 nitrogen and oxygen atoms in total. The molecule has 154 valence electrons. The van der Waals surface area contributed by atoms with E-state index in [1.807, 2.05) is 30.3 Å². The summed E-state index contributed by atoms with van der Waals surface area (Å²) in [7, 11) is 0.